The quantitative estimate of drug-likeness (QED) is 0.297. The Labute approximate surface area is 187 Å². The van der Waals surface area contributed by atoms with E-state index in [-0.39, 0.29) is 5.82 Å². The van der Waals surface area contributed by atoms with Gasteiger partial charge in [0.25, 0.3) is 0 Å². The van der Waals surface area contributed by atoms with Gasteiger partial charge in [0.15, 0.2) is 0 Å². The van der Waals surface area contributed by atoms with Crippen LogP contribution in [0.15, 0.2) is 72.9 Å². The third-order valence-electron chi connectivity index (χ3n) is 5.32. The molecule has 0 unspecified atom stereocenters. The number of fused-ring (bicyclic) bond motifs is 1. The minimum Gasteiger partial charge on any atom is -0.376 e. The molecular weight excluding hydrogens is 411 g/mol. The highest BCUT2D eigenvalue weighted by Crippen LogP contribution is 2.25. The van der Waals surface area contributed by atoms with Gasteiger partial charge in [-0.3, -0.25) is 0 Å². The van der Waals surface area contributed by atoms with Crippen molar-refractivity contribution in [3.63, 3.8) is 0 Å². The molecule has 0 aliphatic heterocycles. The fourth-order valence-corrected chi connectivity index (χ4v) is 4.05. The van der Waals surface area contributed by atoms with Crippen molar-refractivity contribution in [1.82, 2.24) is 10.3 Å². The molecule has 0 bridgehead atoms. The fourth-order valence-electron chi connectivity index (χ4n) is 3.84. The maximum absolute atomic E-state index is 14.1. The number of rotatable bonds is 10. The Morgan fingerprint density at radius 1 is 0.903 bits per heavy atom. The summed E-state index contributed by atoms with van der Waals surface area (Å²) >= 11 is 6.05. The van der Waals surface area contributed by atoms with Crippen LogP contribution in [-0.2, 0) is 30.7 Å². The van der Waals surface area contributed by atoms with Crippen LogP contribution in [0.25, 0.3) is 10.9 Å². The zero-order valence-corrected chi connectivity index (χ0v) is 18.1. The van der Waals surface area contributed by atoms with Crippen LogP contribution in [0.2, 0.25) is 5.02 Å². The van der Waals surface area contributed by atoms with Crippen molar-refractivity contribution in [2.45, 2.75) is 26.0 Å². The summed E-state index contributed by atoms with van der Waals surface area (Å²) in [4.78, 5) is 3.23. The number of ether oxygens (including phenoxy) is 1. The van der Waals surface area contributed by atoms with Gasteiger partial charge in [-0.25, -0.2) is 4.39 Å². The van der Waals surface area contributed by atoms with Crippen LogP contribution in [0, 0.1) is 5.82 Å². The lowest BCUT2D eigenvalue weighted by atomic mass is 10.0. The molecule has 0 saturated heterocycles. The standard InChI is InChI=1S/C26H26ClFN2O/c27-23-8-4-7-20(13-23)16-29-11-9-22-17-30-25-15-24(28)14-21(26(22)25)10-12-31-18-19-5-2-1-3-6-19/h1-8,13-15,17,29-30H,9-12,16,18H2. The number of hydrogen-bond acceptors (Lipinski definition) is 2. The van der Waals surface area contributed by atoms with Gasteiger partial charge in [-0.15, -0.1) is 0 Å². The molecule has 31 heavy (non-hydrogen) atoms. The number of halogens is 2. The molecule has 0 atom stereocenters. The summed E-state index contributed by atoms with van der Waals surface area (Å²) in [6.45, 7) is 2.69. The van der Waals surface area contributed by atoms with Crippen molar-refractivity contribution in [1.29, 1.82) is 0 Å². The van der Waals surface area contributed by atoms with Crippen LogP contribution < -0.4 is 5.32 Å². The normalized spacial score (nSPS) is 11.3. The number of H-pyrrole nitrogens is 1. The van der Waals surface area contributed by atoms with E-state index in [0.717, 1.165) is 52.1 Å². The Hall–Kier alpha value is -2.66. The third kappa shape index (κ3) is 5.95. The molecule has 2 N–H and O–H groups in total. The van der Waals surface area contributed by atoms with Gasteiger partial charge in [0.1, 0.15) is 5.82 Å². The monoisotopic (exact) mass is 436 g/mol. The first-order valence-corrected chi connectivity index (χ1v) is 10.9. The molecule has 4 aromatic rings. The maximum Gasteiger partial charge on any atom is 0.125 e. The first-order chi connectivity index (χ1) is 15.2. The SMILES string of the molecule is Fc1cc(CCOCc2ccccc2)c2c(CCNCc3cccc(Cl)c3)c[nH]c2c1. The van der Waals surface area contributed by atoms with Crippen LogP contribution in [0.1, 0.15) is 22.3 Å². The Bertz CT molecular complexity index is 1130. The van der Waals surface area contributed by atoms with Crippen molar-refractivity contribution in [2.24, 2.45) is 0 Å². The zero-order chi connectivity index (χ0) is 21.5. The average Bonchev–Trinajstić information content (AvgIpc) is 3.18. The molecule has 0 saturated carbocycles. The largest absolute Gasteiger partial charge is 0.376 e. The second kappa shape index (κ2) is 10.6. The van der Waals surface area contributed by atoms with E-state index in [1.807, 2.05) is 54.7 Å². The number of hydrogen-bond donors (Lipinski definition) is 2. The minimum absolute atomic E-state index is 0.224. The highest BCUT2D eigenvalue weighted by molar-refractivity contribution is 6.30. The highest BCUT2D eigenvalue weighted by atomic mass is 35.5. The molecule has 0 spiro atoms. The predicted octanol–water partition coefficient (Wildman–Crippen LogP) is 6.05. The molecule has 1 aromatic heterocycles. The summed E-state index contributed by atoms with van der Waals surface area (Å²) in [7, 11) is 0. The first kappa shape index (κ1) is 21.6. The number of aromatic nitrogens is 1. The summed E-state index contributed by atoms with van der Waals surface area (Å²) in [5.74, 6) is -0.224. The Morgan fingerprint density at radius 2 is 1.74 bits per heavy atom. The summed E-state index contributed by atoms with van der Waals surface area (Å²) in [5, 5.41) is 5.31. The summed E-state index contributed by atoms with van der Waals surface area (Å²) < 4.78 is 20.0. The number of nitrogens with one attached hydrogen (secondary N) is 2. The molecule has 0 aliphatic rings. The van der Waals surface area contributed by atoms with Crippen LogP contribution in [-0.4, -0.2) is 18.1 Å². The molecule has 3 nitrogen and oxygen atoms in total. The van der Waals surface area contributed by atoms with E-state index in [4.69, 9.17) is 16.3 Å². The van der Waals surface area contributed by atoms with Crippen LogP contribution in [0.4, 0.5) is 4.39 Å². The second-order valence-electron chi connectivity index (χ2n) is 7.65. The van der Waals surface area contributed by atoms with Crippen molar-refractivity contribution in [3.05, 3.63) is 106 Å². The van der Waals surface area contributed by atoms with Gasteiger partial charge in [-0.1, -0.05) is 54.1 Å². The van der Waals surface area contributed by atoms with Gasteiger partial charge in [-0.05, 0) is 65.9 Å². The molecule has 0 radical (unpaired) electrons. The molecule has 0 fully saturated rings. The molecular formula is C26H26ClFN2O. The lowest BCUT2D eigenvalue weighted by Gasteiger charge is -2.09. The van der Waals surface area contributed by atoms with Crippen LogP contribution >= 0.6 is 11.6 Å². The third-order valence-corrected chi connectivity index (χ3v) is 5.56. The van der Waals surface area contributed by atoms with E-state index in [1.54, 1.807) is 12.1 Å². The molecule has 1 heterocycles. The van der Waals surface area contributed by atoms with E-state index in [9.17, 15) is 4.39 Å². The van der Waals surface area contributed by atoms with E-state index in [0.29, 0.717) is 19.6 Å². The van der Waals surface area contributed by atoms with E-state index < -0.39 is 0 Å². The second-order valence-corrected chi connectivity index (χ2v) is 8.08. The molecule has 3 aromatic carbocycles. The topological polar surface area (TPSA) is 37.0 Å². The van der Waals surface area contributed by atoms with E-state index >= 15 is 0 Å². The van der Waals surface area contributed by atoms with Crippen LogP contribution in [0.3, 0.4) is 0 Å². The Morgan fingerprint density at radius 3 is 2.58 bits per heavy atom. The van der Waals surface area contributed by atoms with Gasteiger partial charge < -0.3 is 15.0 Å². The number of aromatic amines is 1. The first-order valence-electron chi connectivity index (χ1n) is 10.5. The number of benzene rings is 3. The van der Waals surface area contributed by atoms with Gasteiger partial charge in [0, 0.05) is 28.7 Å². The zero-order valence-electron chi connectivity index (χ0n) is 17.3. The van der Waals surface area contributed by atoms with E-state index in [1.165, 1.54) is 5.56 Å². The maximum atomic E-state index is 14.1. The average molecular weight is 437 g/mol. The molecule has 160 valence electrons. The Kier molecular flexibility index (Phi) is 7.36. The fraction of sp³-hybridized carbons (Fsp3) is 0.231. The van der Waals surface area contributed by atoms with Crippen molar-refractivity contribution in [3.8, 4) is 0 Å². The van der Waals surface area contributed by atoms with Gasteiger partial charge in [0.05, 0.1) is 13.2 Å². The predicted molar refractivity (Wildman–Crippen MR) is 125 cm³/mol. The Balaban J connectivity index is 1.36. The summed E-state index contributed by atoms with van der Waals surface area (Å²) in [6, 6.07) is 21.1. The molecule has 5 heteroatoms. The molecule has 0 aliphatic carbocycles. The van der Waals surface area contributed by atoms with Crippen molar-refractivity contribution < 1.29 is 9.13 Å². The van der Waals surface area contributed by atoms with Crippen molar-refractivity contribution >= 4 is 22.5 Å². The van der Waals surface area contributed by atoms with Crippen LogP contribution in [0.5, 0.6) is 0 Å². The van der Waals surface area contributed by atoms with Gasteiger partial charge in [-0.2, -0.15) is 0 Å². The smallest absolute Gasteiger partial charge is 0.125 e. The minimum atomic E-state index is -0.224. The lowest BCUT2D eigenvalue weighted by molar-refractivity contribution is 0.124. The molecule has 0 amide bonds. The van der Waals surface area contributed by atoms with E-state index in [2.05, 4.69) is 16.4 Å². The molecule has 4 rings (SSSR count). The summed E-state index contributed by atoms with van der Waals surface area (Å²) in [5.41, 5.74) is 5.30. The van der Waals surface area contributed by atoms with Gasteiger partial charge in [0.2, 0.25) is 0 Å². The van der Waals surface area contributed by atoms with Gasteiger partial charge >= 0.3 is 0 Å². The lowest BCUT2D eigenvalue weighted by Crippen LogP contribution is -2.16. The summed E-state index contributed by atoms with van der Waals surface area (Å²) in [6.07, 6.45) is 3.51. The van der Waals surface area contributed by atoms with Crippen molar-refractivity contribution in [2.75, 3.05) is 13.2 Å². The highest BCUT2D eigenvalue weighted by Gasteiger charge is 2.11.